The van der Waals surface area contributed by atoms with Crippen molar-refractivity contribution in [3.63, 3.8) is 0 Å². The van der Waals surface area contributed by atoms with E-state index in [-0.39, 0.29) is 18.1 Å². The summed E-state index contributed by atoms with van der Waals surface area (Å²) in [7, 11) is 1.56. The first kappa shape index (κ1) is 19.7. The SMILES string of the molecule is COc1ccc(-c2noc(CN3N=N[C@@H]4C(=O)N(c5ccc(F)c(F)c5)C(=O)[C@@H]43)n2)cc1. The number of halogens is 2. The average Bonchev–Trinajstić information content (AvgIpc) is 3.49. The molecule has 5 rings (SSSR count). The molecule has 0 bridgehead atoms. The molecule has 2 atom stereocenters. The number of carbonyl (C=O) groups is 2. The molecule has 1 fully saturated rings. The fourth-order valence-electron chi connectivity index (χ4n) is 3.55. The maximum absolute atomic E-state index is 13.6. The zero-order valence-corrected chi connectivity index (χ0v) is 16.5. The van der Waals surface area contributed by atoms with E-state index in [2.05, 4.69) is 20.5 Å². The van der Waals surface area contributed by atoms with E-state index in [4.69, 9.17) is 9.26 Å². The van der Waals surface area contributed by atoms with Gasteiger partial charge in [-0.05, 0) is 36.4 Å². The molecule has 2 aromatic carbocycles. The fraction of sp³-hybridized carbons (Fsp3) is 0.200. The van der Waals surface area contributed by atoms with E-state index in [1.807, 2.05) is 0 Å². The molecule has 32 heavy (non-hydrogen) atoms. The summed E-state index contributed by atoms with van der Waals surface area (Å²) in [5.41, 5.74) is 0.612. The van der Waals surface area contributed by atoms with Crippen molar-refractivity contribution in [1.29, 1.82) is 0 Å². The molecular weight excluding hydrogens is 426 g/mol. The van der Waals surface area contributed by atoms with Crippen LogP contribution in [-0.2, 0) is 16.1 Å². The molecule has 12 heteroatoms. The van der Waals surface area contributed by atoms with Crippen molar-refractivity contribution in [3.05, 3.63) is 60.0 Å². The molecule has 1 saturated heterocycles. The molecule has 2 aliphatic heterocycles. The lowest BCUT2D eigenvalue weighted by molar-refractivity contribution is -0.123. The minimum atomic E-state index is -1.17. The molecule has 3 heterocycles. The minimum absolute atomic E-state index is 0.0710. The van der Waals surface area contributed by atoms with Gasteiger partial charge in [0.05, 0.1) is 12.8 Å². The van der Waals surface area contributed by atoms with Gasteiger partial charge in [-0.1, -0.05) is 10.4 Å². The summed E-state index contributed by atoms with van der Waals surface area (Å²) in [5.74, 6) is -2.44. The van der Waals surface area contributed by atoms with E-state index in [1.54, 1.807) is 31.4 Å². The van der Waals surface area contributed by atoms with Crippen molar-refractivity contribution in [1.82, 2.24) is 15.1 Å². The molecule has 0 spiro atoms. The number of carbonyl (C=O) groups excluding carboxylic acids is 2. The topological polar surface area (TPSA) is 113 Å². The number of benzene rings is 2. The number of rotatable bonds is 5. The van der Waals surface area contributed by atoms with Gasteiger partial charge in [-0.3, -0.25) is 14.6 Å². The second kappa shape index (κ2) is 7.48. The first-order chi connectivity index (χ1) is 15.5. The predicted molar refractivity (Wildman–Crippen MR) is 103 cm³/mol. The van der Waals surface area contributed by atoms with E-state index in [9.17, 15) is 18.4 Å². The Kier molecular flexibility index (Phi) is 4.61. The van der Waals surface area contributed by atoms with E-state index >= 15 is 0 Å². The van der Waals surface area contributed by atoms with Crippen LogP contribution in [0.4, 0.5) is 14.5 Å². The number of hydrogen-bond acceptors (Lipinski definition) is 9. The molecule has 1 aromatic heterocycles. The van der Waals surface area contributed by atoms with Crippen LogP contribution in [-0.4, -0.2) is 46.2 Å². The molecule has 10 nitrogen and oxygen atoms in total. The number of fused-ring (bicyclic) bond motifs is 1. The molecule has 2 amide bonds. The van der Waals surface area contributed by atoms with E-state index in [0.717, 1.165) is 23.1 Å². The number of ether oxygens (including phenoxy) is 1. The van der Waals surface area contributed by atoms with Crippen LogP contribution in [0.2, 0.25) is 0 Å². The molecule has 0 N–H and O–H groups in total. The summed E-state index contributed by atoms with van der Waals surface area (Å²) >= 11 is 0. The fourth-order valence-corrected chi connectivity index (χ4v) is 3.55. The number of anilines is 1. The van der Waals surface area contributed by atoms with Crippen LogP contribution in [0.25, 0.3) is 11.4 Å². The molecular formula is C20H14F2N6O4. The van der Waals surface area contributed by atoms with E-state index in [1.165, 1.54) is 5.01 Å². The van der Waals surface area contributed by atoms with Crippen LogP contribution >= 0.6 is 0 Å². The third-order valence-corrected chi connectivity index (χ3v) is 5.13. The van der Waals surface area contributed by atoms with Gasteiger partial charge in [0.15, 0.2) is 23.7 Å². The Hall–Kier alpha value is -4.22. The van der Waals surface area contributed by atoms with Gasteiger partial charge < -0.3 is 9.26 Å². The Labute approximate surface area is 179 Å². The third kappa shape index (κ3) is 3.16. The van der Waals surface area contributed by atoms with Crippen LogP contribution in [0, 0.1) is 11.6 Å². The van der Waals surface area contributed by atoms with Gasteiger partial charge in [0.1, 0.15) is 12.3 Å². The molecule has 0 aliphatic carbocycles. The summed E-state index contributed by atoms with van der Waals surface area (Å²) in [6.45, 7) is -0.0710. The molecule has 2 aliphatic rings. The van der Waals surface area contributed by atoms with Crippen molar-refractivity contribution in [3.8, 4) is 17.1 Å². The summed E-state index contributed by atoms with van der Waals surface area (Å²) < 4.78 is 37.2. The third-order valence-electron chi connectivity index (χ3n) is 5.13. The normalized spacial score (nSPS) is 19.7. The number of aromatic nitrogens is 2. The first-order valence-corrected chi connectivity index (χ1v) is 9.43. The van der Waals surface area contributed by atoms with E-state index < -0.39 is 35.5 Å². The van der Waals surface area contributed by atoms with Gasteiger partial charge in [0.25, 0.3) is 11.8 Å². The quantitative estimate of drug-likeness (QED) is 0.560. The van der Waals surface area contributed by atoms with Crippen molar-refractivity contribution >= 4 is 17.5 Å². The van der Waals surface area contributed by atoms with Gasteiger partial charge in [-0.2, -0.15) is 10.1 Å². The highest BCUT2D eigenvalue weighted by Crippen LogP contribution is 2.33. The molecule has 0 unspecified atom stereocenters. The van der Waals surface area contributed by atoms with Crippen molar-refractivity contribution in [2.45, 2.75) is 18.6 Å². The summed E-state index contributed by atoms with van der Waals surface area (Å²) in [6, 6.07) is 7.66. The number of nitrogens with zero attached hydrogens (tertiary/aromatic N) is 6. The van der Waals surface area contributed by atoms with Crippen LogP contribution in [0.5, 0.6) is 5.75 Å². The highest BCUT2D eigenvalue weighted by Gasteiger charge is 2.55. The smallest absolute Gasteiger partial charge is 0.263 e. The Morgan fingerprint density at radius 2 is 1.84 bits per heavy atom. The lowest BCUT2D eigenvalue weighted by Crippen LogP contribution is -2.39. The summed E-state index contributed by atoms with van der Waals surface area (Å²) in [6.07, 6.45) is 0. The van der Waals surface area contributed by atoms with Gasteiger partial charge in [0.2, 0.25) is 11.7 Å². The molecule has 162 valence electrons. The monoisotopic (exact) mass is 440 g/mol. The highest BCUT2D eigenvalue weighted by molar-refractivity contribution is 6.25. The maximum Gasteiger partial charge on any atom is 0.263 e. The van der Waals surface area contributed by atoms with Crippen LogP contribution in [0.3, 0.4) is 0 Å². The standard InChI is InChI=1S/C20H14F2N6O4/c1-31-12-5-2-10(3-6-12)18-23-15(32-25-18)9-27-17-16(24-26-27)19(29)28(20(17)30)11-4-7-13(21)14(22)8-11/h2-8,16-17H,9H2,1H3/t16-,17+/m0/s1. The van der Waals surface area contributed by atoms with Crippen molar-refractivity contribution in [2.75, 3.05) is 12.0 Å². The van der Waals surface area contributed by atoms with Crippen LogP contribution in [0.1, 0.15) is 5.89 Å². The van der Waals surface area contributed by atoms with Crippen LogP contribution in [0.15, 0.2) is 57.3 Å². The number of hydrogen-bond donors (Lipinski definition) is 0. The number of methoxy groups -OCH3 is 1. The molecule has 3 aromatic rings. The minimum Gasteiger partial charge on any atom is -0.497 e. The Bertz CT molecular complexity index is 1250. The number of amides is 2. The molecule has 0 saturated carbocycles. The number of imide groups is 1. The Morgan fingerprint density at radius 3 is 2.56 bits per heavy atom. The van der Waals surface area contributed by atoms with Crippen molar-refractivity contribution < 1.29 is 27.6 Å². The Morgan fingerprint density at radius 1 is 1.06 bits per heavy atom. The summed E-state index contributed by atoms with van der Waals surface area (Å²) in [4.78, 5) is 30.7. The van der Waals surface area contributed by atoms with Gasteiger partial charge in [-0.15, -0.1) is 0 Å². The second-order valence-electron chi connectivity index (χ2n) is 7.04. The van der Waals surface area contributed by atoms with Gasteiger partial charge in [-0.25, -0.2) is 13.7 Å². The van der Waals surface area contributed by atoms with Crippen LogP contribution < -0.4 is 9.64 Å². The van der Waals surface area contributed by atoms with Crippen molar-refractivity contribution in [2.24, 2.45) is 10.3 Å². The summed E-state index contributed by atoms with van der Waals surface area (Å²) in [5, 5.41) is 12.9. The maximum atomic E-state index is 13.6. The molecule has 0 radical (unpaired) electrons. The first-order valence-electron chi connectivity index (χ1n) is 9.43. The zero-order valence-electron chi connectivity index (χ0n) is 16.5. The lowest BCUT2D eigenvalue weighted by Gasteiger charge is -2.19. The van der Waals surface area contributed by atoms with Gasteiger partial charge >= 0.3 is 0 Å². The Balaban J connectivity index is 1.35. The predicted octanol–water partition coefficient (Wildman–Crippen LogP) is 2.52. The van der Waals surface area contributed by atoms with Gasteiger partial charge in [0, 0.05) is 11.6 Å². The highest BCUT2D eigenvalue weighted by atomic mass is 19.2. The van der Waals surface area contributed by atoms with E-state index in [0.29, 0.717) is 17.1 Å². The zero-order chi connectivity index (χ0) is 22.4. The lowest BCUT2D eigenvalue weighted by atomic mass is 10.1. The largest absolute Gasteiger partial charge is 0.497 e. The second-order valence-corrected chi connectivity index (χ2v) is 7.04. The average molecular weight is 440 g/mol.